The van der Waals surface area contributed by atoms with Crippen molar-refractivity contribution in [1.29, 1.82) is 0 Å². The van der Waals surface area contributed by atoms with Crippen molar-refractivity contribution in [1.82, 2.24) is 14.9 Å². The van der Waals surface area contributed by atoms with Crippen LogP contribution in [0.1, 0.15) is 19.3 Å². The van der Waals surface area contributed by atoms with E-state index in [0.29, 0.717) is 19.4 Å². The van der Waals surface area contributed by atoms with Gasteiger partial charge in [-0.1, -0.05) is 11.6 Å². The smallest absolute Gasteiger partial charge is 0.406 e. The Morgan fingerprint density at radius 3 is 2.65 bits per heavy atom. The first-order valence-corrected chi connectivity index (χ1v) is 11.7. The molecule has 0 unspecified atom stereocenters. The Labute approximate surface area is 213 Å². The van der Waals surface area contributed by atoms with Crippen LogP contribution >= 0.6 is 11.6 Å². The normalized spacial score (nSPS) is 22.6. The predicted octanol–water partition coefficient (Wildman–Crippen LogP) is 2.53. The number of alkyl halides is 3. The molecule has 2 amide bonds. The molecule has 1 aromatic carbocycles. The summed E-state index contributed by atoms with van der Waals surface area (Å²) in [5.74, 6) is -3.39. The molecule has 37 heavy (non-hydrogen) atoms. The second kappa shape index (κ2) is 10.4. The Morgan fingerprint density at radius 1 is 1.19 bits per heavy atom. The third-order valence-corrected chi connectivity index (χ3v) is 6.58. The molecule has 1 aromatic heterocycles. The van der Waals surface area contributed by atoms with Crippen molar-refractivity contribution in [2.45, 2.75) is 37.7 Å². The van der Waals surface area contributed by atoms with Crippen LogP contribution < -0.4 is 26.4 Å². The second-order valence-electron chi connectivity index (χ2n) is 8.80. The van der Waals surface area contributed by atoms with E-state index in [0.717, 1.165) is 18.5 Å². The molecule has 2 aliphatic heterocycles. The molecule has 0 radical (unpaired) electrons. The molecule has 0 saturated carbocycles. The summed E-state index contributed by atoms with van der Waals surface area (Å²) in [6.45, 7) is 0.636. The van der Waals surface area contributed by atoms with E-state index in [1.807, 2.05) is 0 Å². The summed E-state index contributed by atoms with van der Waals surface area (Å²) < 4.78 is 56.5. The minimum atomic E-state index is -4.91. The number of nitrogens with zero attached hydrogens (tertiary/aromatic N) is 4. The number of nitrogens with one attached hydrogen (secondary N) is 1. The molecule has 0 spiro atoms. The largest absolute Gasteiger partial charge is 0.573 e. The lowest BCUT2D eigenvalue weighted by atomic mass is 9.87. The van der Waals surface area contributed by atoms with Crippen molar-refractivity contribution in [3.05, 3.63) is 35.4 Å². The summed E-state index contributed by atoms with van der Waals surface area (Å²) in [7, 11) is 0. The molecular formula is C22H24ClF4N7O3. The maximum Gasteiger partial charge on any atom is 0.573 e. The number of amides is 2. The van der Waals surface area contributed by atoms with Crippen molar-refractivity contribution >= 4 is 40.7 Å². The maximum absolute atomic E-state index is 14.6. The predicted molar refractivity (Wildman–Crippen MR) is 126 cm³/mol. The highest BCUT2D eigenvalue weighted by Gasteiger charge is 2.42. The van der Waals surface area contributed by atoms with Gasteiger partial charge in [-0.3, -0.25) is 9.59 Å². The third-order valence-electron chi connectivity index (χ3n) is 6.36. The fourth-order valence-electron chi connectivity index (χ4n) is 4.77. The first-order valence-electron chi connectivity index (χ1n) is 11.4. The number of likely N-dealkylation sites (tertiary alicyclic amines) is 1. The van der Waals surface area contributed by atoms with Gasteiger partial charge in [0.05, 0.1) is 12.0 Å². The molecule has 3 atom stereocenters. The topological polar surface area (TPSA) is 140 Å². The van der Waals surface area contributed by atoms with E-state index in [4.69, 9.17) is 23.1 Å². The van der Waals surface area contributed by atoms with Gasteiger partial charge in [0.25, 0.3) is 0 Å². The van der Waals surface area contributed by atoms with Gasteiger partial charge in [0.1, 0.15) is 18.1 Å². The highest BCUT2D eigenvalue weighted by Crippen LogP contribution is 2.33. The summed E-state index contributed by atoms with van der Waals surface area (Å²) in [6, 6.07) is 1.95. The van der Waals surface area contributed by atoms with Crippen LogP contribution in [0.2, 0.25) is 5.02 Å². The number of anilines is 3. The van der Waals surface area contributed by atoms with Gasteiger partial charge in [0.15, 0.2) is 11.6 Å². The van der Waals surface area contributed by atoms with Crippen LogP contribution in [0.15, 0.2) is 24.5 Å². The highest BCUT2D eigenvalue weighted by molar-refractivity contribution is 6.31. The van der Waals surface area contributed by atoms with Crippen LogP contribution in [0.5, 0.6) is 5.75 Å². The van der Waals surface area contributed by atoms with E-state index in [1.54, 1.807) is 4.90 Å². The number of piperidine rings is 2. The van der Waals surface area contributed by atoms with Gasteiger partial charge in [-0.25, -0.2) is 9.97 Å². The Kier molecular flexibility index (Phi) is 7.48. The number of rotatable bonds is 6. The molecule has 0 bridgehead atoms. The number of nitrogens with two attached hydrogens (primary N) is 2. The highest BCUT2D eigenvalue weighted by atomic mass is 35.5. The Morgan fingerprint density at radius 2 is 1.95 bits per heavy atom. The monoisotopic (exact) mass is 545 g/mol. The summed E-state index contributed by atoms with van der Waals surface area (Å²) in [5.41, 5.74) is 11.4. The summed E-state index contributed by atoms with van der Waals surface area (Å²) >= 11 is 5.95. The second-order valence-corrected chi connectivity index (χ2v) is 9.24. The van der Waals surface area contributed by atoms with Crippen LogP contribution in [0, 0.1) is 11.7 Å². The number of hydrogen-bond donors (Lipinski definition) is 3. The van der Waals surface area contributed by atoms with Gasteiger partial charge in [-0.15, -0.1) is 13.2 Å². The number of halogens is 5. The molecule has 4 rings (SSSR count). The first kappa shape index (κ1) is 26.5. The van der Waals surface area contributed by atoms with Crippen LogP contribution in [-0.2, 0) is 9.59 Å². The van der Waals surface area contributed by atoms with Gasteiger partial charge >= 0.3 is 6.36 Å². The van der Waals surface area contributed by atoms with E-state index >= 15 is 0 Å². The Bertz CT molecular complexity index is 1190. The SMILES string of the molecule is NC(=O)[C@@H]1CCN(c2ncnc(N)c2F)C[C@H]1N1CCC[C@H](Nc2cc(Cl)cc(OC(F)(F)F)c2)C1=O. The van der Waals surface area contributed by atoms with Gasteiger partial charge in [-0.2, -0.15) is 4.39 Å². The van der Waals surface area contributed by atoms with Crippen molar-refractivity contribution < 1.29 is 31.9 Å². The minimum absolute atomic E-state index is 0.0211. The Balaban J connectivity index is 1.55. The zero-order valence-corrected chi connectivity index (χ0v) is 20.1. The lowest BCUT2D eigenvalue weighted by Gasteiger charge is -2.46. The minimum Gasteiger partial charge on any atom is -0.406 e. The molecule has 2 aromatic rings. The summed E-state index contributed by atoms with van der Waals surface area (Å²) in [4.78, 5) is 36.4. The fourth-order valence-corrected chi connectivity index (χ4v) is 4.99. The lowest BCUT2D eigenvalue weighted by molar-refractivity contribution is -0.274. The zero-order valence-electron chi connectivity index (χ0n) is 19.3. The molecule has 200 valence electrons. The summed E-state index contributed by atoms with van der Waals surface area (Å²) in [5, 5.41) is 2.90. The molecule has 2 fully saturated rings. The molecule has 2 aliphatic rings. The molecule has 10 nitrogen and oxygen atoms in total. The van der Waals surface area contributed by atoms with Gasteiger partial charge < -0.3 is 31.3 Å². The number of carbonyl (C=O) groups is 2. The standard InChI is InChI=1S/C22H24ClF4N7O3/c23-11-6-12(8-13(7-11)37-22(25,26)27)32-15-2-1-4-34(21(15)36)16-9-33(5-3-14(16)19(29)35)20-17(24)18(28)30-10-31-20/h6-8,10,14-16,32H,1-5,9H2,(H2,29,35)(H2,28,30,31)/t14-,15+,16-/m1/s1. The Hall–Kier alpha value is -3.55. The van der Waals surface area contributed by atoms with Crippen molar-refractivity contribution in [3.63, 3.8) is 0 Å². The van der Waals surface area contributed by atoms with Crippen molar-refractivity contribution in [2.24, 2.45) is 11.7 Å². The van der Waals surface area contributed by atoms with E-state index in [-0.39, 0.29) is 47.8 Å². The molecule has 0 aliphatic carbocycles. The van der Waals surface area contributed by atoms with Crippen LogP contribution in [0.25, 0.3) is 0 Å². The van der Waals surface area contributed by atoms with E-state index in [2.05, 4.69) is 20.0 Å². The summed E-state index contributed by atoms with van der Waals surface area (Å²) in [6.07, 6.45) is -2.63. The van der Waals surface area contributed by atoms with Crippen LogP contribution in [0.4, 0.5) is 34.9 Å². The molecule has 2 saturated heterocycles. The van der Waals surface area contributed by atoms with E-state index in [1.165, 1.54) is 11.0 Å². The van der Waals surface area contributed by atoms with Gasteiger partial charge in [0, 0.05) is 36.4 Å². The molecule has 5 N–H and O–H groups in total. The number of primary amides is 1. The zero-order chi connectivity index (χ0) is 26.9. The maximum atomic E-state index is 14.6. The molecular weight excluding hydrogens is 522 g/mol. The number of carbonyl (C=O) groups excluding carboxylic acids is 2. The lowest BCUT2D eigenvalue weighted by Crippen LogP contribution is -2.61. The number of ether oxygens (including phenoxy) is 1. The molecule has 15 heteroatoms. The van der Waals surface area contributed by atoms with E-state index in [9.17, 15) is 27.2 Å². The van der Waals surface area contributed by atoms with Crippen LogP contribution in [-0.4, -0.2) is 64.8 Å². The average Bonchev–Trinajstić information content (AvgIpc) is 2.80. The molecule has 3 heterocycles. The van der Waals surface area contributed by atoms with Crippen LogP contribution in [0.3, 0.4) is 0 Å². The van der Waals surface area contributed by atoms with Gasteiger partial charge in [0.2, 0.25) is 17.6 Å². The number of hydrogen-bond acceptors (Lipinski definition) is 8. The number of benzene rings is 1. The fraction of sp³-hybridized carbons (Fsp3) is 0.455. The van der Waals surface area contributed by atoms with Crippen molar-refractivity contribution in [2.75, 3.05) is 35.6 Å². The first-order chi connectivity index (χ1) is 17.4. The number of aromatic nitrogens is 2. The van der Waals surface area contributed by atoms with Gasteiger partial charge in [-0.05, 0) is 31.4 Å². The quantitative estimate of drug-likeness (QED) is 0.471. The van der Waals surface area contributed by atoms with E-state index < -0.39 is 41.8 Å². The number of nitrogen functional groups attached to an aromatic ring is 1. The third kappa shape index (κ3) is 6.06. The van der Waals surface area contributed by atoms with Crippen molar-refractivity contribution in [3.8, 4) is 5.75 Å². The average molecular weight is 546 g/mol.